The molecular weight excluding hydrogens is 236 g/mol. The van der Waals surface area contributed by atoms with Gasteiger partial charge in [-0.3, -0.25) is 4.72 Å². The van der Waals surface area contributed by atoms with Gasteiger partial charge in [-0.1, -0.05) is 18.2 Å². The molecule has 0 amide bonds. The van der Waals surface area contributed by atoms with E-state index >= 15 is 0 Å². The van der Waals surface area contributed by atoms with E-state index in [1.165, 1.54) is 0 Å². The average Bonchev–Trinajstić information content (AvgIpc) is 2.24. The second-order valence-electron chi connectivity index (χ2n) is 4.18. The first-order valence-electron chi connectivity index (χ1n) is 5.73. The van der Waals surface area contributed by atoms with Crippen molar-refractivity contribution < 1.29 is 8.42 Å². The van der Waals surface area contributed by atoms with E-state index in [1.54, 1.807) is 0 Å². The van der Waals surface area contributed by atoms with Crippen LogP contribution in [0.1, 0.15) is 24.0 Å². The maximum absolute atomic E-state index is 11.8. The Labute approximate surface area is 103 Å². The maximum Gasteiger partial charge on any atom is 0.232 e. The zero-order chi connectivity index (χ0) is 12.9. The Hall–Kier alpha value is -1.07. The standard InChI is InChI=1S/C12H20N2O2S/c1-10-6-5-7-11(2)12(10)14-17(15,16)9-4-3-8-13/h5-7,14H,3-4,8-9,13H2,1-2H3. The number of nitrogens with two attached hydrogens (primary N) is 1. The highest BCUT2D eigenvalue weighted by Gasteiger charge is 2.12. The summed E-state index contributed by atoms with van der Waals surface area (Å²) in [5, 5.41) is 0. The van der Waals surface area contributed by atoms with Gasteiger partial charge in [-0.25, -0.2) is 8.42 Å². The van der Waals surface area contributed by atoms with E-state index in [4.69, 9.17) is 5.73 Å². The number of benzene rings is 1. The van der Waals surface area contributed by atoms with Gasteiger partial charge in [0.05, 0.1) is 11.4 Å². The molecule has 3 N–H and O–H groups in total. The molecule has 0 bridgehead atoms. The van der Waals surface area contributed by atoms with Crippen molar-refractivity contribution in [1.29, 1.82) is 0 Å². The minimum Gasteiger partial charge on any atom is -0.330 e. The SMILES string of the molecule is Cc1cccc(C)c1NS(=O)(=O)CCCCN. The van der Waals surface area contributed by atoms with Crippen LogP contribution in [0.25, 0.3) is 0 Å². The highest BCUT2D eigenvalue weighted by atomic mass is 32.2. The molecule has 0 aliphatic rings. The lowest BCUT2D eigenvalue weighted by molar-refractivity contribution is 0.597. The van der Waals surface area contributed by atoms with Crippen molar-refractivity contribution in [3.8, 4) is 0 Å². The van der Waals surface area contributed by atoms with Crippen LogP contribution < -0.4 is 10.5 Å². The number of para-hydroxylation sites is 1. The van der Waals surface area contributed by atoms with Crippen molar-refractivity contribution in [1.82, 2.24) is 0 Å². The molecule has 0 atom stereocenters. The molecule has 17 heavy (non-hydrogen) atoms. The van der Waals surface area contributed by atoms with Gasteiger partial charge in [0, 0.05) is 0 Å². The van der Waals surface area contributed by atoms with Crippen molar-refractivity contribution in [3.63, 3.8) is 0 Å². The number of aryl methyl sites for hydroxylation is 2. The molecule has 0 saturated carbocycles. The lowest BCUT2D eigenvalue weighted by atomic mass is 10.1. The number of hydrogen-bond acceptors (Lipinski definition) is 3. The fourth-order valence-corrected chi connectivity index (χ4v) is 2.94. The third-order valence-corrected chi connectivity index (χ3v) is 3.95. The average molecular weight is 256 g/mol. The number of nitrogens with one attached hydrogen (secondary N) is 1. The summed E-state index contributed by atoms with van der Waals surface area (Å²) in [7, 11) is -3.26. The zero-order valence-corrected chi connectivity index (χ0v) is 11.2. The quantitative estimate of drug-likeness (QED) is 0.762. The van der Waals surface area contributed by atoms with Gasteiger partial charge in [0.25, 0.3) is 0 Å². The Morgan fingerprint density at radius 3 is 2.29 bits per heavy atom. The summed E-state index contributed by atoms with van der Waals surface area (Å²) in [6.45, 7) is 4.31. The Kier molecular flexibility index (Phi) is 4.96. The molecular formula is C12H20N2O2S. The van der Waals surface area contributed by atoms with Gasteiger partial charge in [-0.2, -0.15) is 0 Å². The van der Waals surface area contributed by atoms with E-state index in [0.717, 1.165) is 17.5 Å². The lowest BCUT2D eigenvalue weighted by Gasteiger charge is -2.12. The number of rotatable bonds is 6. The summed E-state index contributed by atoms with van der Waals surface area (Å²) >= 11 is 0. The molecule has 1 aromatic rings. The van der Waals surface area contributed by atoms with E-state index in [1.807, 2.05) is 32.0 Å². The van der Waals surface area contributed by atoms with Crippen LogP contribution in [0.15, 0.2) is 18.2 Å². The first kappa shape index (κ1) is 14.0. The number of hydrogen-bond donors (Lipinski definition) is 2. The van der Waals surface area contributed by atoms with Crippen molar-refractivity contribution >= 4 is 15.7 Å². The minimum atomic E-state index is -3.26. The molecule has 0 aromatic heterocycles. The molecule has 0 radical (unpaired) electrons. The molecule has 4 nitrogen and oxygen atoms in total. The van der Waals surface area contributed by atoms with Crippen LogP contribution in [0.4, 0.5) is 5.69 Å². The maximum atomic E-state index is 11.8. The lowest BCUT2D eigenvalue weighted by Crippen LogP contribution is -2.18. The summed E-state index contributed by atoms with van der Waals surface area (Å²) < 4.78 is 26.3. The van der Waals surface area contributed by atoms with E-state index in [-0.39, 0.29) is 5.75 Å². The van der Waals surface area contributed by atoms with Crippen molar-refractivity contribution in [2.24, 2.45) is 5.73 Å². The van der Waals surface area contributed by atoms with Crippen molar-refractivity contribution in [3.05, 3.63) is 29.3 Å². The fourth-order valence-electron chi connectivity index (χ4n) is 1.62. The minimum absolute atomic E-state index is 0.123. The van der Waals surface area contributed by atoms with Gasteiger partial charge < -0.3 is 5.73 Å². The van der Waals surface area contributed by atoms with E-state index < -0.39 is 10.0 Å². The van der Waals surface area contributed by atoms with Crippen LogP contribution in [0.3, 0.4) is 0 Å². The summed E-state index contributed by atoms with van der Waals surface area (Å²) in [6.07, 6.45) is 1.32. The van der Waals surface area contributed by atoms with Crippen LogP contribution >= 0.6 is 0 Å². The molecule has 0 saturated heterocycles. The topological polar surface area (TPSA) is 72.2 Å². The molecule has 5 heteroatoms. The monoisotopic (exact) mass is 256 g/mol. The van der Waals surface area contributed by atoms with E-state index in [0.29, 0.717) is 18.7 Å². The molecule has 1 aromatic carbocycles. The molecule has 0 aliphatic carbocycles. The molecule has 0 spiro atoms. The second-order valence-corrected chi connectivity index (χ2v) is 6.03. The number of anilines is 1. The number of sulfonamides is 1. The molecule has 0 fully saturated rings. The molecule has 0 unspecified atom stereocenters. The van der Waals surface area contributed by atoms with Gasteiger partial charge in [-0.15, -0.1) is 0 Å². The third-order valence-electron chi connectivity index (χ3n) is 2.61. The Balaban J connectivity index is 2.76. The largest absolute Gasteiger partial charge is 0.330 e. The predicted molar refractivity (Wildman–Crippen MR) is 71.6 cm³/mol. The second kappa shape index (κ2) is 6.02. The Morgan fingerprint density at radius 2 is 1.76 bits per heavy atom. The normalized spacial score (nSPS) is 11.5. The summed E-state index contributed by atoms with van der Waals surface area (Å²) in [5.41, 5.74) is 7.91. The van der Waals surface area contributed by atoms with Crippen LogP contribution in [-0.2, 0) is 10.0 Å². The van der Waals surface area contributed by atoms with Crippen LogP contribution in [-0.4, -0.2) is 20.7 Å². The van der Waals surface area contributed by atoms with Gasteiger partial charge in [0.15, 0.2) is 0 Å². The van der Waals surface area contributed by atoms with Gasteiger partial charge >= 0.3 is 0 Å². The Bertz CT molecular complexity index is 449. The first-order valence-corrected chi connectivity index (χ1v) is 7.38. The first-order chi connectivity index (χ1) is 7.96. The fraction of sp³-hybridized carbons (Fsp3) is 0.500. The molecule has 0 heterocycles. The highest BCUT2D eigenvalue weighted by Crippen LogP contribution is 2.20. The van der Waals surface area contributed by atoms with Gasteiger partial charge in [0.2, 0.25) is 10.0 Å². The van der Waals surface area contributed by atoms with Crippen molar-refractivity contribution in [2.45, 2.75) is 26.7 Å². The van der Waals surface area contributed by atoms with Crippen molar-refractivity contribution in [2.75, 3.05) is 17.0 Å². The molecule has 1 rings (SSSR count). The van der Waals surface area contributed by atoms with E-state index in [9.17, 15) is 8.42 Å². The van der Waals surface area contributed by atoms with Crippen LogP contribution in [0.5, 0.6) is 0 Å². The van der Waals surface area contributed by atoms with Gasteiger partial charge in [-0.05, 0) is 44.4 Å². The summed E-state index contributed by atoms with van der Waals surface area (Å²) in [5.74, 6) is 0.123. The number of unbranched alkanes of at least 4 members (excludes halogenated alkanes) is 1. The van der Waals surface area contributed by atoms with Crippen LogP contribution in [0.2, 0.25) is 0 Å². The Morgan fingerprint density at radius 1 is 1.18 bits per heavy atom. The summed E-state index contributed by atoms with van der Waals surface area (Å²) in [6, 6.07) is 5.70. The highest BCUT2D eigenvalue weighted by molar-refractivity contribution is 7.92. The van der Waals surface area contributed by atoms with Gasteiger partial charge in [0.1, 0.15) is 0 Å². The zero-order valence-electron chi connectivity index (χ0n) is 10.4. The third kappa shape index (κ3) is 4.36. The molecule has 0 aliphatic heterocycles. The van der Waals surface area contributed by atoms with E-state index in [2.05, 4.69) is 4.72 Å². The predicted octanol–water partition coefficient (Wildman–Crippen LogP) is 1.78. The molecule has 96 valence electrons. The summed E-state index contributed by atoms with van der Waals surface area (Å²) in [4.78, 5) is 0. The smallest absolute Gasteiger partial charge is 0.232 e. The van der Waals surface area contributed by atoms with Crippen LogP contribution in [0, 0.1) is 13.8 Å².